The van der Waals surface area contributed by atoms with Gasteiger partial charge in [0.25, 0.3) is 0 Å². The number of nitrogens with one attached hydrogen (secondary N) is 2. The Labute approximate surface area is 169 Å². The third kappa shape index (κ3) is 4.76. The summed E-state index contributed by atoms with van der Waals surface area (Å²) in [6, 6.07) is 5.24. The van der Waals surface area contributed by atoms with Crippen LogP contribution in [0, 0.1) is 0 Å². The van der Waals surface area contributed by atoms with Gasteiger partial charge in [0.2, 0.25) is 11.7 Å². The number of hydrogen-bond acceptors (Lipinski definition) is 4. The molecule has 2 N–H and O–H groups in total. The Morgan fingerprint density at radius 1 is 1.31 bits per heavy atom. The summed E-state index contributed by atoms with van der Waals surface area (Å²) in [5.74, 6) is -1.62. The number of urea groups is 1. The van der Waals surface area contributed by atoms with E-state index in [2.05, 4.69) is 20.6 Å². The first kappa shape index (κ1) is 20.8. The number of halogens is 4. The summed E-state index contributed by atoms with van der Waals surface area (Å²) in [6.45, 7) is 2.12. The third-order valence-electron chi connectivity index (χ3n) is 4.46. The second-order valence-corrected chi connectivity index (χ2v) is 6.83. The van der Waals surface area contributed by atoms with Crippen LogP contribution in [-0.4, -0.2) is 45.9 Å². The smallest absolute Gasteiger partial charge is 0.353 e. The number of aromatic nitrogens is 2. The summed E-state index contributed by atoms with van der Waals surface area (Å²) < 4.78 is 39.2. The van der Waals surface area contributed by atoms with Gasteiger partial charge < -0.3 is 15.5 Å². The van der Waals surface area contributed by atoms with Crippen LogP contribution in [0.2, 0.25) is 5.02 Å². The van der Waals surface area contributed by atoms with Gasteiger partial charge in [0.05, 0.1) is 11.7 Å². The van der Waals surface area contributed by atoms with Crippen molar-refractivity contribution in [3.8, 4) is 0 Å². The number of amides is 3. The number of carbonyl (C=O) groups excluding carboxylic acids is 2. The Morgan fingerprint density at radius 2 is 2.00 bits per heavy atom. The van der Waals surface area contributed by atoms with Gasteiger partial charge in [-0.05, 0) is 30.7 Å². The summed E-state index contributed by atoms with van der Waals surface area (Å²) >= 11 is 5.90. The average Bonchev–Trinajstić information content (AvgIpc) is 2.68. The molecule has 2 heterocycles. The molecule has 0 bridgehead atoms. The third-order valence-corrected chi connectivity index (χ3v) is 4.71. The average molecular weight is 428 g/mol. The highest BCUT2D eigenvalue weighted by Gasteiger charge is 2.36. The highest BCUT2D eigenvalue weighted by Crippen LogP contribution is 2.28. The molecule has 0 unspecified atom stereocenters. The zero-order valence-corrected chi connectivity index (χ0v) is 16.0. The molecule has 0 aliphatic carbocycles. The van der Waals surface area contributed by atoms with Crippen molar-refractivity contribution >= 4 is 23.5 Å². The van der Waals surface area contributed by atoms with Crippen LogP contribution in [0.25, 0.3) is 0 Å². The molecular weight excluding hydrogens is 411 g/mol. The fourth-order valence-electron chi connectivity index (χ4n) is 2.92. The summed E-state index contributed by atoms with van der Waals surface area (Å²) in [4.78, 5) is 32.8. The highest BCUT2D eigenvalue weighted by molar-refractivity contribution is 6.30. The molecule has 3 rings (SSSR count). The zero-order chi connectivity index (χ0) is 21.2. The summed E-state index contributed by atoms with van der Waals surface area (Å²) in [6.07, 6.45) is -3.75. The van der Waals surface area contributed by atoms with Crippen molar-refractivity contribution in [2.75, 3.05) is 13.1 Å². The van der Waals surface area contributed by atoms with E-state index < -0.39 is 30.1 Å². The molecule has 0 radical (unpaired) electrons. The molecular formula is C18H17ClF3N5O2. The molecule has 154 valence electrons. The van der Waals surface area contributed by atoms with E-state index in [-0.39, 0.29) is 24.7 Å². The van der Waals surface area contributed by atoms with Gasteiger partial charge in [-0.25, -0.2) is 14.8 Å². The lowest BCUT2D eigenvalue weighted by atomic mass is 10.0. The lowest BCUT2D eigenvalue weighted by Crippen LogP contribution is -2.58. The Kier molecular flexibility index (Phi) is 5.92. The maximum Gasteiger partial charge on any atom is 0.451 e. The number of alkyl halides is 3. The van der Waals surface area contributed by atoms with Crippen molar-refractivity contribution in [2.24, 2.45) is 0 Å². The zero-order valence-electron chi connectivity index (χ0n) is 15.2. The minimum Gasteiger partial charge on any atom is -0.353 e. The van der Waals surface area contributed by atoms with Crippen LogP contribution in [0.1, 0.15) is 30.0 Å². The molecule has 1 aromatic heterocycles. The van der Waals surface area contributed by atoms with Gasteiger partial charge in [-0.3, -0.25) is 4.79 Å². The van der Waals surface area contributed by atoms with E-state index in [0.29, 0.717) is 10.6 Å². The highest BCUT2D eigenvalue weighted by atomic mass is 35.5. The van der Waals surface area contributed by atoms with Gasteiger partial charge in [-0.15, -0.1) is 0 Å². The van der Waals surface area contributed by atoms with Gasteiger partial charge in [0, 0.05) is 24.3 Å². The minimum absolute atomic E-state index is 0.0443. The first-order chi connectivity index (χ1) is 13.7. The SMILES string of the molecule is C[C@@H]1C(=O)NCCN1C(=O)N[C@@H](c1ccc(Cl)cc1)c1ccnc(C(F)(F)F)n1. The van der Waals surface area contributed by atoms with Crippen molar-refractivity contribution in [2.45, 2.75) is 25.2 Å². The van der Waals surface area contributed by atoms with E-state index in [0.717, 1.165) is 6.20 Å². The first-order valence-electron chi connectivity index (χ1n) is 8.67. The Hall–Kier alpha value is -2.88. The Bertz CT molecular complexity index is 907. The van der Waals surface area contributed by atoms with Gasteiger partial charge in [-0.1, -0.05) is 23.7 Å². The molecule has 1 aliphatic heterocycles. The van der Waals surface area contributed by atoms with Crippen LogP contribution in [0.5, 0.6) is 0 Å². The lowest BCUT2D eigenvalue weighted by Gasteiger charge is -2.34. The van der Waals surface area contributed by atoms with E-state index in [1.54, 1.807) is 31.2 Å². The molecule has 1 saturated heterocycles. The molecule has 0 spiro atoms. The minimum atomic E-state index is -4.73. The van der Waals surface area contributed by atoms with Crippen molar-refractivity contribution in [1.82, 2.24) is 25.5 Å². The van der Waals surface area contributed by atoms with Crippen LogP contribution in [0.15, 0.2) is 36.5 Å². The van der Waals surface area contributed by atoms with E-state index in [1.165, 1.54) is 11.0 Å². The lowest BCUT2D eigenvalue weighted by molar-refractivity contribution is -0.145. The molecule has 3 amide bonds. The molecule has 11 heteroatoms. The topological polar surface area (TPSA) is 87.2 Å². The largest absolute Gasteiger partial charge is 0.451 e. The molecule has 2 atom stereocenters. The summed E-state index contributed by atoms with van der Waals surface area (Å²) in [5, 5.41) is 5.75. The maximum atomic E-state index is 13.1. The fraction of sp³-hybridized carbons (Fsp3) is 0.333. The quantitative estimate of drug-likeness (QED) is 0.788. The monoisotopic (exact) mass is 427 g/mol. The van der Waals surface area contributed by atoms with E-state index in [1.807, 2.05) is 0 Å². The van der Waals surface area contributed by atoms with Crippen molar-refractivity contribution in [3.63, 3.8) is 0 Å². The fourth-order valence-corrected chi connectivity index (χ4v) is 3.05. The second-order valence-electron chi connectivity index (χ2n) is 6.40. The molecule has 29 heavy (non-hydrogen) atoms. The maximum absolute atomic E-state index is 13.1. The van der Waals surface area contributed by atoms with Crippen molar-refractivity contribution in [1.29, 1.82) is 0 Å². The van der Waals surface area contributed by atoms with Crippen molar-refractivity contribution in [3.05, 3.63) is 58.6 Å². The second kappa shape index (κ2) is 8.24. The van der Waals surface area contributed by atoms with E-state index in [4.69, 9.17) is 11.6 Å². The molecule has 1 fully saturated rings. The van der Waals surface area contributed by atoms with E-state index in [9.17, 15) is 22.8 Å². The normalized spacial score (nSPS) is 18.2. The number of rotatable bonds is 3. The van der Waals surface area contributed by atoms with Crippen LogP contribution in [0.3, 0.4) is 0 Å². The van der Waals surface area contributed by atoms with Crippen LogP contribution in [-0.2, 0) is 11.0 Å². The first-order valence-corrected chi connectivity index (χ1v) is 9.05. The van der Waals surface area contributed by atoms with E-state index >= 15 is 0 Å². The number of benzene rings is 1. The number of nitrogens with zero attached hydrogens (tertiary/aromatic N) is 3. The Morgan fingerprint density at radius 3 is 2.66 bits per heavy atom. The molecule has 1 aliphatic rings. The molecule has 1 aromatic carbocycles. The predicted molar refractivity (Wildman–Crippen MR) is 98.0 cm³/mol. The molecule has 0 saturated carbocycles. The summed E-state index contributed by atoms with van der Waals surface area (Å²) in [7, 11) is 0. The van der Waals surface area contributed by atoms with Crippen molar-refractivity contribution < 1.29 is 22.8 Å². The standard InChI is InChI=1S/C18H17ClF3N5O2/c1-10-15(28)23-8-9-27(10)17(29)26-14(11-2-4-12(19)5-3-11)13-6-7-24-16(25-13)18(20,21)22/h2-7,10,14H,8-9H2,1H3,(H,23,28)(H,26,29)/t10-,14+/m1/s1. The van der Waals surface area contributed by atoms with Gasteiger partial charge >= 0.3 is 12.2 Å². The number of carbonyl (C=O) groups is 2. The van der Waals surface area contributed by atoms with Gasteiger partial charge in [0.1, 0.15) is 6.04 Å². The summed E-state index contributed by atoms with van der Waals surface area (Å²) in [5.41, 5.74) is 0.431. The van der Waals surface area contributed by atoms with Crippen LogP contribution >= 0.6 is 11.6 Å². The predicted octanol–water partition coefficient (Wildman–Crippen LogP) is 2.77. The number of hydrogen-bond donors (Lipinski definition) is 2. The Balaban J connectivity index is 1.95. The van der Waals surface area contributed by atoms with Gasteiger partial charge in [0.15, 0.2) is 0 Å². The number of piperazine rings is 1. The van der Waals surface area contributed by atoms with Gasteiger partial charge in [-0.2, -0.15) is 13.2 Å². The van der Waals surface area contributed by atoms with Crippen LogP contribution < -0.4 is 10.6 Å². The molecule has 2 aromatic rings. The van der Waals surface area contributed by atoms with Crippen LogP contribution in [0.4, 0.5) is 18.0 Å². The molecule has 7 nitrogen and oxygen atoms in total.